The largest absolute Gasteiger partial charge is 0.465 e. The second-order valence-electron chi connectivity index (χ2n) is 6.17. The number of hydrogen-bond donors (Lipinski definition) is 1. The maximum atomic E-state index is 12.5. The minimum atomic E-state index is -0.669. The molecule has 0 bridgehead atoms. The van der Waals surface area contributed by atoms with Crippen LogP contribution in [0.4, 0.5) is 5.69 Å². The number of carbonyl (C=O) groups excluding carboxylic acids is 3. The number of fused-ring (bicyclic) bond motifs is 1. The van der Waals surface area contributed by atoms with Crippen LogP contribution >= 0.6 is 0 Å². The Morgan fingerprint density at radius 1 is 0.931 bits per heavy atom. The third-order valence-electron chi connectivity index (χ3n) is 4.26. The summed E-state index contributed by atoms with van der Waals surface area (Å²) in [7, 11) is 2.41. The van der Waals surface area contributed by atoms with E-state index >= 15 is 0 Å². The van der Waals surface area contributed by atoms with Gasteiger partial charge in [-0.1, -0.05) is 18.2 Å². The van der Waals surface area contributed by atoms with Gasteiger partial charge >= 0.3 is 11.9 Å². The Labute approximate surface area is 165 Å². The number of benzene rings is 2. The number of carbonyl (C=O) groups is 3. The molecule has 0 radical (unpaired) electrons. The third-order valence-corrected chi connectivity index (χ3v) is 4.26. The van der Waals surface area contributed by atoms with Crippen LogP contribution < -0.4 is 10.9 Å². The summed E-state index contributed by atoms with van der Waals surface area (Å²) in [5.74, 6) is -1.84. The number of rotatable bonds is 5. The fourth-order valence-electron chi connectivity index (χ4n) is 2.88. The van der Waals surface area contributed by atoms with Gasteiger partial charge in [0.05, 0.1) is 25.3 Å². The second-order valence-corrected chi connectivity index (χ2v) is 6.17. The Morgan fingerprint density at radius 2 is 1.55 bits per heavy atom. The lowest BCUT2D eigenvalue weighted by atomic mass is 10.1. The van der Waals surface area contributed by atoms with E-state index in [1.165, 1.54) is 43.2 Å². The molecule has 1 aromatic heterocycles. The van der Waals surface area contributed by atoms with Crippen molar-refractivity contribution in [1.29, 1.82) is 0 Å². The first-order chi connectivity index (χ1) is 13.9. The van der Waals surface area contributed by atoms with E-state index in [0.29, 0.717) is 5.39 Å². The molecule has 2 aromatic carbocycles. The summed E-state index contributed by atoms with van der Waals surface area (Å²) in [6.45, 7) is -0.236. The van der Waals surface area contributed by atoms with Gasteiger partial charge in [0, 0.05) is 17.3 Å². The van der Waals surface area contributed by atoms with Crippen molar-refractivity contribution in [2.45, 2.75) is 6.54 Å². The summed E-state index contributed by atoms with van der Waals surface area (Å²) in [6.07, 6.45) is 1.54. The number of esters is 2. The predicted octanol–water partition coefficient (Wildman–Crippen LogP) is 2.21. The summed E-state index contributed by atoms with van der Waals surface area (Å²) < 4.78 is 10.6. The number of amides is 1. The van der Waals surface area contributed by atoms with Crippen molar-refractivity contribution < 1.29 is 23.9 Å². The number of hydrogen-bond acceptors (Lipinski definition) is 6. The molecule has 8 nitrogen and oxygen atoms in total. The van der Waals surface area contributed by atoms with E-state index in [0.717, 1.165) is 5.39 Å². The Morgan fingerprint density at radius 3 is 2.17 bits per heavy atom. The van der Waals surface area contributed by atoms with Crippen molar-refractivity contribution in [1.82, 2.24) is 4.57 Å². The van der Waals surface area contributed by atoms with Crippen molar-refractivity contribution >= 4 is 34.3 Å². The van der Waals surface area contributed by atoms with Crippen LogP contribution in [0.2, 0.25) is 0 Å². The number of nitrogens with one attached hydrogen (secondary N) is 1. The highest BCUT2D eigenvalue weighted by molar-refractivity contribution is 5.99. The van der Waals surface area contributed by atoms with Crippen LogP contribution in [0.15, 0.2) is 59.5 Å². The lowest BCUT2D eigenvalue weighted by molar-refractivity contribution is -0.116. The molecule has 148 valence electrons. The number of methoxy groups -OCH3 is 2. The fraction of sp³-hybridized carbons (Fsp3) is 0.143. The standard InChI is InChI=1S/C21H18N2O6/c1-28-20(26)14-9-15(21(27)29-2)11-16(10-14)22-18(24)12-23-8-7-13-5-3-4-6-17(13)19(23)25/h3-11H,12H2,1-2H3,(H,22,24). The summed E-state index contributed by atoms with van der Waals surface area (Å²) in [5.41, 5.74) is 0.0612. The highest BCUT2D eigenvalue weighted by Crippen LogP contribution is 2.17. The van der Waals surface area contributed by atoms with Crippen LogP contribution in [0, 0.1) is 0 Å². The van der Waals surface area contributed by atoms with Gasteiger partial charge in [0.1, 0.15) is 6.54 Å². The minimum Gasteiger partial charge on any atom is -0.465 e. The lowest BCUT2D eigenvalue weighted by Crippen LogP contribution is -2.27. The molecule has 3 aromatic rings. The van der Waals surface area contributed by atoms with Crippen molar-refractivity contribution in [2.24, 2.45) is 0 Å². The molecule has 0 spiro atoms. The Hall–Kier alpha value is -3.94. The van der Waals surface area contributed by atoms with Crippen molar-refractivity contribution in [3.63, 3.8) is 0 Å². The molecule has 0 fully saturated rings. The Balaban J connectivity index is 1.87. The summed E-state index contributed by atoms with van der Waals surface area (Å²) in [4.78, 5) is 48.7. The zero-order chi connectivity index (χ0) is 21.0. The van der Waals surface area contributed by atoms with Crippen LogP contribution in [-0.2, 0) is 20.8 Å². The molecule has 29 heavy (non-hydrogen) atoms. The average molecular weight is 394 g/mol. The van der Waals surface area contributed by atoms with Crippen LogP contribution in [0.25, 0.3) is 10.8 Å². The predicted molar refractivity (Wildman–Crippen MR) is 106 cm³/mol. The smallest absolute Gasteiger partial charge is 0.337 e. The lowest BCUT2D eigenvalue weighted by Gasteiger charge is -2.11. The molecule has 0 aliphatic carbocycles. The van der Waals surface area contributed by atoms with Crippen LogP contribution in [0.1, 0.15) is 20.7 Å². The molecule has 1 heterocycles. The van der Waals surface area contributed by atoms with E-state index in [-0.39, 0.29) is 28.9 Å². The number of aromatic nitrogens is 1. The molecule has 8 heteroatoms. The molecule has 0 unspecified atom stereocenters. The molecule has 3 rings (SSSR count). The first kappa shape index (κ1) is 19.8. The first-order valence-electron chi connectivity index (χ1n) is 8.62. The quantitative estimate of drug-likeness (QED) is 0.666. The van der Waals surface area contributed by atoms with Crippen molar-refractivity contribution in [3.05, 3.63) is 76.2 Å². The summed E-state index contributed by atoms with van der Waals surface area (Å²) >= 11 is 0. The monoisotopic (exact) mass is 394 g/mol. The highest BCUT2D eigenvalue weighted by atomic mass is 16.5. The summed E-state index contributed by atoms with van der Waals surface area (Å²) in [5, 5.41) is 3.87. The van der Waals surface area contributed by atoms with Gasteiger partial charge in [0.25, 0.3) is 5.56 Å². The van der Waals surface area contributed by atoms with Crippen LogP contribution in [0.3, 0.4) is 0 Å². The van der Waals surface area contributed by atoms with E-state index in [1.54, 1.807) is 18.2 Å². The number of ether oxygens (including phenoxy) is 2. The van der Waals surface area contributed by atoms with Gasteiger partial charge in [-0.2, -0.15) is 0 Å². The minimum absolute atomic E-state index is 0.0774. The van der Waals surface area contributed by atoms with Gasteiger partial charge in [-0.05, 0) is 35.7 Å². The third kappa shape index (κ3) is 4.32. The van der Waals surface area contributed by atoms with Gasteiger partial charge in [0.2, 0.25) is 5.91 Å². The van der Waals surface area contributed by atoms with Gasteiger partial charge < -0.3 is 19.4 Å². The number of pyridine rings is 1. The Bertz CT molecular complexity index is 1130. The first-order valence-corrected chi connectivity index (χ1v) is 8.62. The fourth-order valence-corrected chi connectivity index (χ4v) is 2.88. The highest BCUT2D eigenvalue weighted by Gasteiger charge is 2.15. The van der Waals surface area contributed by atoms with Crippen LogP contribution in [-0.4, -0.2) is 36.6 Å². The van der Waals surface area contributed by atoms with Gasteiger partial charge in [0.15, 0.2) is 0 Å². The molecular weight excluding hydrogens is 376 g/mol. The van der Waals surface area contributed by atoms with Gasteiger partial charge in [-0.25, -0.2) is 9.59 Å². The molecule has 1 amide bonds. The molecule has 0 aliphatic rings. The van der Waals surface area contributed by atoms with E-state index in [9.17, 15) is 19.2 Å². The molecular formula is C21H18N2O6. The van der Waals surface area contributed by atoms with Crippen molar-refractivity contribution in [2.75, 3.05) is 19.5 Å². The number of anilines is 1. The maximum absolute atomic E-state index is 12.5. The van der Waals surface area contributed by atoms with E-state index in [1.807, 2.05) is 12.1 Å². The summed E-state index contributed by atoms with van der Waals surface area (Å²) in [6, 6.07) is 12.9. The molecule has 0 aliphatic heterocycles. The molecule has 0 saturated carbocycles. The van der Waals surface area contributed by atoms with E-state index in [4.69, 9.17) is 0 Å². The van der Waals surface area contributed by atoms with E-state index in [2.05, 4.69) is 14.8 Å². The van der Waals surface area contributed by atoms with Crippen LogP contribution in [0.5, 0.6) is 0 Å². The van der Waals surface area contributed by atoms with Gasteiger partial charge in [-0.15, -0.1) is 0 Å². The zero-order valence-electron chi connectivity index (χ0n) is 15.8. The van der Waals surface area contributed by atoms with E-state index < -0.39 is 17.8 Å². The molecule has 0 saturated heterocycles. The number of nitrogens with zero attached hydrogens (tertiary/aromatic N) is 1. The Kier molecular flexibility index (Phi) is 5.73. The average Bonchev–Trinajstić information content (AvgIpc) is 2.74. The maximum Gasteiger partial charge on any atom is 0.337 e. The molecule has 0 atom stereocenters. The topological polar surface area (TPSA) is 104 Å². The molecule has 1 N–H and O–H groups in total. The second kappa shape index (κ2) is 8.39. The zero-order valence-corrected chi connectivity index (χ0v) is 15.8. The van der Waals surface area contributed by atoms with Crippen molar-refractivity contribution in [3.8, 4) is 0 Å². The normalized spacial score (nSPS) is 10.4. The van der Waals surface area contributed by atoms with Gasteiger partial charge in [-0.3, -0.25) is 9.59 Å². The SMILES string of the molecule is COC(=O)c1cc(NC(=O)Cn2ccc3ccccc3c2=O)cc(C(=O)OC)c1.